The molecule has 0 bridgehead atoms. The number of ether oxygens (including phenoxy) is 12. The van der Waals surface area contributed by atoms with Gasteiger partial charge in [-0.3, -0.25) is 24.0 Å². The number of unbranched alkanes of at least 4 members (excludes halogenated alkanes) is 2. The maximum absolute atomic E-state index is 11.6. The summed E-state index contributed by atoms with van der Waals surface area (Å²) in [5.41, 5.74) is 0. The zero-order chi connectivity index (χ0) is 59.7. The van der Waals surface area contributed by atoms with E-state index >= 15 is 0 Å². The van der Waals surface area contributed by atoms with Crippen molar-refractivity contribution in [3.05, 3.63) is 63.3 Å². The van der Waals surface area contributed by atoms with Crippen LogP contribution in [0.1, 0.15) is 52.4 Å². The van der Waals surface area contributed by atoms with Crippen molar-refractivity contribution >= 4 is 29.5 Å². The van der Waals surface area contributed by atoms with E-state index in [0.717, 1.165) is 64.8 Å². The fourth-order valence-corrected chi connectivity index (χ4v) is 6.07. The van der Waals surface area contributed by atoms with Gasteiger partial charge in [0.25, 0.3) is 0 Å². The molecule has 0 saturated carbocycles. The molecular weight excluding hydrogens is 1000 g/mol. The molecule has 0 aromatic carbocycles. The largest absolute Gasteiger partial charge is 0.385 e. The Labute approximate surface area is 464 Å². The maximum Gasteiger partial charge on any atom is 0.246 e. The average molecular weight is 1110 g/mol. The highest BCUT2D eigenvalue weighted by atomic mass is 16.7. The second-order valence-corrected chi connectivity index (χ2v) is 16.5. The van der Waals surface area contributed by atoms with Crippen LogP contribution in [0.25, 0.3) is 0 Å². The van der Waals surface area contributed by atoms with Crippen molar-refractivity contribution in [1.29, 1.82) is 0 Å². The summed E-state index contributed by atoms with van der Waals surface area (Å²) < 4.78 is 60.0. The summed E-state index contributed by atoms with van der Waals surface area (Å²) in [6, 6.07) is 0. The van der Waals surface area contributed by atoms with Gasteiger partial charge in [-0.25, -0.2) is 0 Å². The Hall–Kier alpha value is -4.43. The quantitative estimate of drug-likeness (QED) is 0.0466. The maximum atomic E-state index is 11.6. The molecule has 22 heteroatoms. The van der Waals surface area contributed by atoms with E-state index in [-0.39, 0.29) is 54.8 Å². The Morgan fingerprint density at radius 1 is 0.312 bits per heavy atom. The molecule has 0 spiro atoms. The highest BCUT2D eigenvalue weighted by molar-refractivity contribution is 5.88. The predicted molar refractivity (Wildman–Crippen MR) is 301 cm³/mol. The average Bonchev–Trinajstić information content (AvgIpc) is 3.45. The van der Waals surface area contributed by atoms with E-state index < -0.39 is 12.6 Å². The Kier molecular flexibility index (Phi) is 64.3. The van der Waals surface area contributed by atoms with Gasteiger partial charge in [-0.05, 0) is 82.8 Å². The molecule has 452 valence electrons. The molecule has 0 aliphatic rings. The third kappa shape index (κ3) is 49.6. The van der Waals surface area contributed by atoms with Gasteiger partial charge in [0.1, 0.15) is 0 Å². The SMILES string of the molecule is C=CC(=O)N(CC(C)OC)CC(C)OC.C=CC(=O)N(CC(OC)OC)CC(OC)OC.C=CC(=O)N(CCCCOC)CCCCOC.C=CC(=O)N(CCCOC)CCCOC.C=CC(=O)N(CCOC)CCOC. The highest BCUT2D eigenvalue weighted by Crippen LogP contribution is 2.05. The first-order chi connectivity index (χ1) is 36.9. The smallest absolute Gasteiger partial charge is 0.246 e. The first kappa shape index (κ1) is 81.4. The standard InChI is InChI=1S/C13H25NO3.C11H21NO5.2C11H21NO3.C9H17NO3/c1-4-13(15)14(9-5-7-11-16-2)10-6-8-12-17-3;1-6-9(13)12(7-10(14-2)15-3)8-11(16-4)17-5;1-6-11(13)12(7-9(2)14-4)8-10(3)15-5;1-4-11(13)12(7-5-9-14-2)8-6-10-15-3;1-4-9(11)10(5-7-12-2)6-8-13-3/h4H,1,5-12H2,2-3H3;6,10-11H,1,7-8H2,2-5H3;6,9-10H,1,7-8H2,2-5H3;4H,1,5-10H2,2-3H3;4H,1,5-8H2,2-3H3. The van der Waals surface area contributed by atoms with Crippen LogP contribution in [0.3, 0.4) is 0 Å². The van der Waals surface area contributed by atoms with Crippen LogP contribution < -0.4 is 0 Å². The Bertz CT molecular complexity index is 1420. The first-order valence-corrected chi connectivity index (χ1v) is 25.6. The van der Waals surface area contributed by atoms with Gasteiger partial charge >= 0.3 is 0 Å². The van der Waals surface area contributed by atoms with Crippen molar-refractivity contribution in [2.75, 3.05) is 190 Å². The lowest BCUT2D eigenvalue weighted by molar-refractivity contribution is -0.158. The fraction of sp³-hybridized carbons (Fsp3) is 0.727. The summed E-state index contributed by atoms with van der Waals surface area (Å²) in [5.74, 6) is -0.429. The van der Waals surface area contributed by atoms with E-state index in [9.17, 15) is 24.0 Å². The molecule has 0 heterocycles. The minimum Gasteiger partial charge on any atom is -0.385 e. The molecule has 0 rings (SSSR count). The molecule has 0 aromatic heterocycles. The number of hydrogen-bond acceptors (Lipinski definition) is 17. The second-order valence-electron chi connectivity index (χ2n) is 16.5. The Morgan fingerprint density at radius 3 is 0.792 bits per heavy atom. The minimum atomic E-state index is -0.492. The van der Waals surface area contributed by atoms with E-state index in [0.29, 0.717) is 65.7 Å². The third-order valence-corrected chi connectivity index (χ3v) is 10.7. The number of nitrogens with zero attached hydrogens (tertiary/aromatic N) is 5. The Balaban J connectivity index is -0.000000281. The summed E-state index contributed by atoms with van der Waals surface area (Å²) in [7, 11) is 19.2. The third-order valence-electron chi connectivity index (χ3n) is 10.7. The molecule has 0 N–H and O–H groups in total. The van der Waals surface area contributed by atoms with Gasteiger partial charge in [-0.15, -0.1) is 0 Å². The number of carbonyl (C=O) groups excluding carboxylic acids is 5. The summed E-state index contributed by atoms with van der Waals surface area (Å²) >= 11 is 0. The van der Waals surface area contributed by atoms with Crippen molar-refractivity contribution in [3.8, 4) is 0 Å². The molecule has 0 radical (unpaired) electrons. The van der Waals surface area contributed by atoms with Crippen LogP contribution in [0.15, 0.2) is 63.3 Å². The van der Waals surface area contributed by atoms with Gasteiger partial charge in [-0.2, -0.15) is 0 Å². The lowest BCUT2D eigenvalue weighted by Crippen LogP contribution is -2.43. The van der Waals surface area contributed by atoms with Crippen LogP contribution in [-0.2, 0) is 80.8 Å². The van der Waals surface area contributed by atoms with Crippen LogP contribution in [0.4, 0.5) is 0 Å². The number of rotatable bonds is 43. The monoisotopic (exact) mass is 1110 g/mol. The van der Waals surface area contributed by atoms with Crippen molar-refractivity contribution in [2.24, 2.45) is 0 Å². The van der Waals surface area contributed by atoms with Crippen LogP contribution in [-0.4, -0.2) is 269 Å². The molecule has 77 heavy (non-hydrogen) atoms. The van der Waals surface area contributed by atoms with E-state index in [4.69, 9.17) is 56.8 Å². The molecule has 2 unspecified atom stereocenters. The molecule has 2 atom stereocenters. The van der Waals surface area contributed by atoms with Crippen LogP contribution >= 0.6 is 0 Å². The number of hydrogen-bond donors (Lipinski definition) is 0. The van der Waals surface area contributed by atoms with Crippen molar-refractivity contribution < 1.29 is 80.8 Å². The van der Waals surface area contributed by atoms with Crippen LogP contribution in [0, 0.1) is 0 Å². The fourth-order valence-electron chi connectivity index (χ4n) is 6.07. The summed E-state index contributed by atoms with van der Waals surface area (Å²) in [6.07, 6.45) is 11.2. The topological polar surface area (TPSA) is 212 Å². The number of methoxy groups -OCH3 is 12. The minimum absolute atomic E-state index is 0.0120. The lowest BCUT2D eigenvalue weighted by atomic mass is 10.2. The van der Waals surface area contributed by atoms with E-state index in [2.05, 4.69) is 32.9 Å². The summed E-state index contributed by atoms with van der Waals surface area (Å²) in [5, 5.41) is 0. The van der Waals surface area contributed by atoms with Gasteiger partial charge < -0.3 is 81.3 Å². The number of amides is 5. The molecule has 0 aromatic rings. The molecular formula is C55H105N5O17. The van der Waals surface area contributed by atoms with Gasteiger partial charge in [-0.1, -0.05) is 32.9 Å². The van der Waals surface area contributed by atoms with Crippen LogP contribution in [0.2, 0.25) is 0 Å². The van der Waals surface area contributed by atoms with E-state index in [1.165, 1.54) is 63.7 Å². The van der Waals surface area contributed by atoms with Crippen molar-refractivity contribution in [3.63, 3.8) is 0 Å². The zero-order valence-corrected chi connectivity index (χ0v) is 50.0. The second kappa shape index (κ2) is 60.8. The Morgan fingerprint density at radius 2 is 0.545 bits per heavy atom. The lowest BCUT2D eigenvalue weighted by Gasteiger charge is -2.27. The first-order valence-electron chi connectivity index (χ1n) is 25.6. The highest BCUT2D eigenvalue weighted by Gasteiger charge is 2.21. The summed E-state index contributed by atoms with van der Waals surface area (Å²) in [6.45, 7) is 30.9. The molecule has 22 nitrogen and oxygen atoms in total. The molecule has 0 aliphatic carbocycles. The predicted octanol–water partition coefficient (Wildman–Crippen LogP) is 4.53. The normalized spacial score (nSPS) is 11.1. The zero-order valence-electron chi connectivity index (χ0n) is 50.0. The molecule has 0 fully saturated rings. The van der Waals surface area contributed by atoms with Gasteiger partial charge in [0.05, 0.1) is 38.5 Å². The van der Waals surface area contributed by atoms with Crippen molar-refractivity contribution in [1.82, 2.24) is 24.5 Å². The molecule has 5 amide bonds. The van der Waals surface area contributed by atoms with Crippen molar-refractivity contribution in [2.45, 2.75) is 77.2 Å². The summed E-state index contributed by atoms with van der Waals surface area (Å²) in [4.78, 5) is 65.8. The molecule has 0 saturated heterocycles. The van der Waals surface area contributed by atoms with Crippen LogP contribution in [0.5, 0.6) is 0 Å². The van der Waals surface area contributed by atoms with E-state index in [1.807, 2.05) is 18.7 Å². The van der Waals surface area contributed by atoms with Gasteiger partial charge in [0.15, 0.2) is 12.6 Å². The van der Waals surface area contributed by atoms with E-state index in [1.54, 1.807) is 71.6 Å². The molecule has 0 aliphatic heterocycles. The van der Waals surface area contributed by atoms with Gasteiger partial charge in [0, 0.05) is 164 Å². The van der Waals surface area contributed by atoms with Gasteiger partial charge in [0.2, 0.25) is 29.5 Å². The number of carbonyl (C=O) groups is 5.